The molecule has 1 aromatic carbocycles. The Bertz CT molecular complexity index is 275. The van der Waals surface area contributed by atoms with E-state index in [9.17, 15) is 0 Å². The van der Waals surface area contributed by atoms with Crippen LogP contribution < -0.4 is 5.84 Å². The third kappa shape index (κ3) is 1.63. The van der Waals surface area contributed by atoms with Gasteiger partial charge in [0, 0.05) is 11.4 Å². The first-order chi connectivity index (χ1) is 5.86. The molecule has 0 aromatic heterocycles. The second kappa shape index (κ2) is 3.47. The molecule has 0 aliphatic carbocycles. The summed E-state index contributed by atoms with van der Waals surface area (Å²) in [6, 6.07) is 8.46. The first kappa shape index (κ1) is 8.10. The lowest BCUT2D eigenvalue weighted by Crippen LogP contribution is -2.23. The zero-order chi connectivity index (χ0) is 8.39. The normalized spacial score (nSPS) is 18.4. The highest BCUT2D eigenvalue weighted by molar-refractivity contribution is 7.97. The van der Waals surface area contributed by atoms with E-state index in [0.717, 1.165) is 19.4 Å². The summed E-state index contributed by atoms with van der Waals surface area (Å²) in [6.07, 6.45) is 2.30. The Balaban J connectivity index is 2.31. The van der Waals surface area contributed by atoms with Crippen molar-refractivity contribution < 1.29 is 0 Å². The van der Waals surface area contributed by atoms with Crippen LogP contribution in [0.2, 0.25) is 0 Å². The van der Waals surface area contributed by atoms with Crippen molar-refractivity contribution in [1.82, 2.24) is 4.41 Å². The van der Waals surface area contributed by atoms with E-state index in [2.05, 4.69) is 24.3 Å². The monoisotopic (exact) mass is 180 g/mol. The molecule has 12 heavy (non-hydrogen) atoms. The summed E-state index contributed by atoms with van der Waals surface area (Å²) in [7, 11) is 0. The molecule has 0 saturated carbocycles. The van der Waals surface area contributed by atoms with Gasteiger partial charge in [0.2, 0.25) is 0 Å². The van der Waals surface area contributed by atoms with E-state index >= 15 is 0 Å². The highest BCUT2D eigenvalue weighted by Crippen LogP contribution is 2.27. The highest BCUT2D eigenvalue weighted by atomic mass is 32.2. The van der Waals surface area contributed by atoms with E-state index in [4.69, 9.17) is 5.84 Å². The lowest BCUT2D eigenvalue weighted by molar-refractivity contribution is 0.489. The van der Waals surface area contributed by atoms with Crippen molar-refractivity contribution in [3.63, 3.8) is 0 Å². The molecule has 2 N–H and O–H groups in total. The Kier molecular flexibility index (Phi) is 2.35. The molecule has 3 heteroatoms. The summed E-state index contributed by atoms with van der Waals surface area (Å²) < 4.78 is 1.81. The number of nitrogens with zero attached hydrogens (tertiary/aromatic N) is 1. The quantitative estimate of drug-likeness (QED) is 0.488. The maximum atomic E-state index is 5.75. The van der Waals surface area contributed by atoms with E-state index in [-0.39, 0.29) is 0 Å². The number of hydrazine groups is 1. The van der Waals surface area contributed by atoms with Crippen molar-refractivity contribution in [3.8, 4) is 0 Å². The molecular weight excluding hydrogens is 168 g/mol. The van der Waals surface area contributed by atoms with Crippen LogP contribution in [0.5, 0.6) is 0 Å². The summed E-state index contributed by atoms with van der Waals surface area (Å²) in [5.74, 6) is 5.75. The van der Waals surface area contributed by atoms with Gasteiger partial charge < -0.3 is 0 Å². The molecule has 1 aliphatic rings. The minimum atomic E-state index is 0.972. The molecule has 0 fully saturated rings. The van der Waals surface area contributed by atoms with Gasteiger partial charge in [0.05, 0.1) is 0 Å². The van der Waals surface area contributed by atoms with E-state index in [1.807, 2.05) is 4.41 Å². The average molecular weight is 180 g/mol. The summed E-state index contributed by atoms with van der Waals surface area (Å²) >= 11 is 1.64. The van der Waals surface area contributed by atoms with Crippen LogP contribution in [0.4, 0.5) is 0 Å². The molecule has 0 amide bonds. The predicted octanol–water partition coefficient (Wildman–Crippen LogP) is 1.82. The van der Waals surface area contributed by atoms with Crippen molar-refractivity contribution in [2.45, 2.75) is 17.7 Å². The molecule has 1 heterocycles. The van der Waals surface area contributed by atoms with Gasteiger partial charge in [0.25, 0.3) is 0 Å². The van der Waals surface area contributed by atoms with Gasteiger partial charge in [-0.25, -0.2) is 0 Å². The van der Waals surface area contributed by atoms with Gasteiger partial charge in [0.1, 0.15) is 0 Å². The van der Waals surface area contributed by atoms with Gasteiger partial charge in [-0.15, -0.1) is 0 Å². The first-order valence-corrected chi connectivity index (χ1v) is 4.92. The lowest BCUT2D eigenvalue weighted by atomic mass is 10.1. The fourth-order valence-corrected chi connectivity index (χ4v) is 2.30. The van der Waals surface area contributed by atoms with E-state index in [1.54, 1.807) is 11.9 Å². The van der Waals surface area contributed by atoms with Crippen molar-refractivity contribution in [3.05, 3.63) is 29.8 Å². The van der Waals surface area contributed by atoms with Crippen molar-refractivity contribution in [1.29, 1.82) is 0 Å². The average Bonchev–Trinajstić information content (AvgIpc) is 2.25. The van der Waals surface area contributed by atoms with Gasteiger partial charge >= 0.3 is 0 Å². The van der Waals surface area contributed by atoms with Crippen LogP contribution in [0.3, 0.4) is 0 Å². The molecule has 0 saturated heterocycles. The van der Waals surface area contributed by atoms with Crippen molar-refractivity contribution in [2.24, 2.45) is 5.84 Å². The molecule has 0 radical (unpaired) electrons. The minimum Gasteiger partial charge on any atom is -0.259 e. The van der Waals surface area contributed by atoms with Gasteiger partial charge in [-0.3, -0.25) is 5.84 Å². The minimum absolute atomic E-state index is 0.972. The maximum Gasteiger partial charge on any atom is 0.0274 e. The SMILES string of the molecule is NN1CCCc2ccccc2S1. The number of aryl methyl sites for hydroxylation is 1. The maximum absolute atomic E-state index is 5.75. The second-order valence-electron chi connectivity index (χ2n) is 2.94. The highest BCUT2D eigenvalue weighted by Gasteiger charge is 2.10. The summed E-state index contributed by atoms with van der Waals surface area (Å²) in [5, 5.41) is 0. The molecule has 0 spiro atoms. The second-order valence-corrected chi connectivity index (χ2v) is 4.03. The summed E-state index contributed by atoms with van der Waals surface area (Å²) in [6.45, 7) is 0.972. The van der Waals surface area contributed by atoms with Crippen LogP contribution in [-0.2, 0) is 6.42 Å². The van der Waals surface area contributed by atoms with Crippen molar-refractivity contribution >= 4 is 11.9 Å². The van der Waals surface area contributed by atoms with Crippen LogP contribution in [0.25, 0.3) is 0 Å². The Labute approximate surface area is 76.8 Å². The number of fused-ring (bicyclic) bond motifs is 1. The molecule has 2 nitrogen and oxygen atoms in total. The Morgan fingerprint density at radius 2 is 2.17 bits per heavy atom. The van der Waals surface area contributed by atoms with Gasteiger partial charge in [-0.2, -0.15) is 4.41 Å². The van der Waals surface area contributed by atoms with Crippen LogP contribution in [0.15, 0.2) is 29.2 Å². The Morgan fingerprint density at radius 3 is 3.08 bits per heavy atom. The molecular formula is C9H12N2S. The predicted molar refractivity (Wildman–Crippen MR) is 51.5 cm³/mol. The zero-order valence-electron chi connectivity index (χ0n) is 6.86. The number of benzene rings is 1. The summed E-state index contributed by atoms with van der Waals surface area (Å²) in [5.41, 5.74) is 1.43. The van der Waals surface area contributed by atoms with Gasteiger partial charge in [-0.05, 0) is 36.4 Å². The van der Waals surface area contributed by atoms with Crippen LogP contribution in [0.1, 0.15) is 12.0 Å². The standard InChI is InChI=1S/C9H12N2S/c10-11-7-3-5-8-4-1-2-6-9(8)12-11/h1-2,4,6H,3,5,7,10H2. The van der Waals surface area contributed by atoms with Gasteiger partial charge in [0.15, 0.2) is 0 Å². The zero-order valence-corrected chi connectivity index (χ0v) is 7.68. The van der Waals surface area contributed by atoms with E-state index < -0.39 is 0 Å². The van der Waals surface area contributed by atoms with Crippen molar-refractivity contribution in [2.75, 3.05) is 6.54 Å². The molecule has 1 aliphatic heterocycles. The molecule has 1 aromatic rings. The number of hydrogen-bond donors (Lipinski definition) is 1. The van der Waals surface area contributed by atoms with E-state index in [0.29, 0.717) is 0 Å². The fraction of sp³-hybridized carbons (Fsp3) is 0.333. The largest absolute Gasteiger partial charge is 0.259 e. The van der Waals surface area contributed by atoms with Crippen LogP contribution in [0, 0.1) is 0 Å². The number of nitrogens with two attached hydrogens (primary N) is 1. The molecule has 0 atom stereocenters. The topological polar surface area (TPSA) is 29.3 Å². The lowest BCUT2D eigenvalue weighted by Gasteiger charge is -2.10. The van der Waals surface area contributed by atoms with Crippen LogP contribution >= 0.6 is 11.9 Å². The number of rotatable bonds is 0. The number of hydrogen-bond acceptors (Lipinski definition) is 3. The third-order valence-corrected chi connectivity index (χ3v) is 3.02. The van der Waals surface area contributed by atoms with Gasteiger partial charge in [-0.1, -0.05) is 18.2 Å². The van der Waals surface area contributed by atoms with Crippen LogP contribution in [-0.4, -0.2) is 11.0 Å². The summed E-state index contributed by atoms with van der Waals surface area (Å²) in [4.78, 5) is 1.30. The molecule has 0 unspecified atom stereocenters. The Morgan fingerprint density at radius 1 is 1.33 bits per heavy atom. The van der Waals surface area contributed by atoms with E-state index in [1.165, 1.54) is 10.5 Å². The molecule has 2 rings (SSSR count). The third-order valence-electron chi connectivity index (χ3n) is 2.01. The first-order valence-electron chi connectivity index (χ1n) is 4.14. The molecule has 0 bridgehead atoms. The fourth-order valence-electron chi connectivity index (χ4n) is 1.40. The Hall–Kier alpha value is -0.510. The smallest absolute Gasteiger partial charge is 0.0274 e. The molecule has 64 valence electrons.